The van der Waals surface area contributed by atoms with Crippen molar-refractivity contribution in [2.45, 2.75) is 19.9 Å². The van der Waals surface area contributed by atoms with Crippen LogP contribution in [0.15, 0.2) is 12.4 Å². The molecule has 1 fully saturated rings. The lowest BCUT2D eigenvalue weighted by molar-refractivity contribution is 0.0937. The highest BCUT2D eigenvalue weighted by Crippen LogP contribution is 2.10. The van der Waals surface area contributed by atoms with Crippen LogP contribution >= 0.6 is 0 Å². The van der Waals surface area contributed by atoms with Crippen LogP contribution in [0.4, 0.5) is 5.82 Å². The van der Waals surface area contributed by atoms with Gasteiger partial charge in [-0.15, -0.1) is 0 Å². The zero-order chi connectivity index (χ0) is 13.0. The summed E-state index contributed by atoms with van der Waals surface area (Å²) in [6.45, 7) is 6.85. The summed E-state index contributed by atoms with van der Waals surface area (Å²) in [5, 5.41) is 2.78. The van der Waals surface area contributed by atoms with Crippen molar-refractivity contribution in [3.05, 3.63) is 18.1 Å². The van der Waals surface area contributed by atoms with Crippen molar-refractivity contribution in [1.82, 2.24) is 15.3 Å². The number of hydrogen-bond acceptors (Lipinski definition) is 5. The highest BCUT2D eigenvalue weighted by Gasteiger charge is 2.14. The number of carbonyl (C=O) groups is 1. The lowest BCUT2D eigenvalue weighted by atomic mass is 10.3. The lowest BCUT2D eigenvalue weighted by Crippen LogP contribution is -2.37. The van der Waals surface area contributed by atoms with Gasteiger partial charge in [-0.2, -0.15) is 0 Å². The summed E-state index contributed by atoms with van der Waals surface area (Å²) >= 11 is 0. The molecule has 18 heavy (non-hydrogen) atoms. The van der Waals surface area contributed by atoms with E-state index in [0.29, 0.717) is 18.9 Å². The van der Waals surface area contributed by atoms with Gasteiger partial charge in [-0.3, -0.25) is 4.79 Å². The molecule has 0 spiro atoms. The van der Waals surface area contributed by atoms with Gasteiger partial charge >= 0.3 is 0 Å². The number of nitrogens with one attached hydrogen (secondary N) is 1. The molecular formula is C12H18N4O2. The highest BCUT2D eigenvalue weighted by molar-refractivity contribution is 5.92. The summed E-state index contributed by atoms with van der Waals surface area (Å²) in [6.07, 6.45) is 3.16. The first-order chi connectivity index (χ1) is 8.66. The fourth-order valence-corrected chi connectivity index (χ4v) is 1.73. The molecule has 1 aliphatic heterocycles. The van der Waals surface area contributed by atoms with Crippen molar-refractivity contribution in [2.75, 3.05) is 31.2 Å². The third-order valence-electron chi connectivity index (χ3n) is 2.63. The second-order valence-electron chi connectivity index (χ2n) is 4.49. The van der Waals surface area contributed by atoms with E-state index in [9.17, 15) is 4.79 Å². The maximum absolute atomic E-state index is 11.7. The average Bonchev–Trinajstić information content (AvgIpc) is 2.39. The van der Waals surface area contributed by atoms with Crippen LogP contribution in [0.1, 0.15) is 24.3 Å². The minimum atomic E-state index is -0.189. The Hall–Kier alpha value is -1.69. The monoisotopic (exact) mass is 250 g/mol. The van der Waals surface area contributed by atoms with E-state index in [1.165, 1.54) is 6.20 Å². The summed E-state index contributed by atoms with van der Waals surface area (Å²) in [5.41, 5.74) is 0.348. The van der Waals surface area contributed by atoms with Gasteiger partial charge in [0.1, 0.15) is 11.5 Å². The van der Waals surface area contributed by atoms with E-state index in [1.54, 1.807) is 6.20 Å². The number of hydrogen-bond donors (Lipinski definition) is 1. The van der Waals surface area contributed by atoms with E-state index >= 15 is 0 Å². The molecule has 6 heteroatoms. The predicted molar refractivity (Wildman–Crippen MR) is 67.7 cm³/mol. The van der Waals surface area contributed by atoms with Gasteiger partial charge in [-0.25, -0.2) is 9.97 Å². The predicted octanol–water partition coefficient (Wildman–Crippen LogP) is 0.451. The second-order valence-corrected chi connectivity index (χ2v) is 4.49. The SMILES string of the molecule is CC(C)NC(=O)c1cnc(N2CCOCC2)cn1. The van der Waals surface area contributed by atoms with E-state index in [0.717, 1.165) is 18.9 Å². The third-order valence-corrected chi connectivity index (χ3v) is 2.63. The second kappa shape index (κ2) is 5.77. The summed E-state index contributed by atoms with van der Waals surface area (Å²) in [7, 11) is 0. The molecule has 1 aliphatic rings. The molecule has 0 saturated carbocycles. The summed E-state index contributed by atoms with van der Waals surface area (Å²) in [5.74, 6) is 0.602. The largest absolute Gasteiger partial charge is 0.378 e. The van der Waals surface area contributed by atoms with Gasteiger partial charge in [-0.05, 0) is 13.8 Å². The van der Waals surface area contributed by atoms with Gasteiger partial charge in [-0.1, -0.05) is 0 Å². The Morgan fingerprint density at radius 2 is 2.06 bits per heavy atom. The van der Waals surface area contributed by atoms with Crippen molar-refractivity contribution in [3.63, 3.8) is 0 Å². The zero-order valence-electron chi connectivity index (χ0n) is 10.7. The molecule has 6 nitrogen and oxygen atoms in total. The van der Waals surface area contributed by atoms with Crippen LogP contribution in [-0.2, 0) is 4.74 Å². The smallest absolute Gasteiger partial charge is 0.271 e. The first-order valence-corrected chi connectivity index (χ1v) is 6.12. The summed E-state index contributed by atoms with van der Waals surface area (Å²) < 4.78 is 5.27. The molecule has 0 bridgehead atoms. The fourth-order valence-electron chi connectivity index (χ4n) is 1.73. The van der Waals surface area contributed by atoms with E-state index in [-0.39, 0.29) is 11.9 Å². The molecule has 2 rings (SSSR count). The van der Waals surface area contributed by atoms with Crippen molar-refractivity contribution < 1.29 is 9.53 Å². The molecule has 1 saturated heterocycles. The summed E-state index contributed by atoms with van der Waals surface area (Å²) in [6, 6.07) is 0.0956. The number of ether oxygens (including phenoxy) is 1. The van der Waals surface area contributed by atoms with Crippen LogP contribution in [0.25, 0.3) is 0 Å². The Labute approximate surface area is 106 Å². The normalized spacial score (nSPS) is 15.8. The van der Waals surface area contributed by atoms with Crippen LogP contribution in [-0.4, -0.2) is 48.2 Å². The minimum Gasteiger partial charge on any atom is -0.378 e. The fraction of sp³-hybridized carbons (Fsp3) is 0.583. The zero-order valence-corrected chi connectivity index (χ0v) is 10.7. The number of nitrogens with zero attached hydrogens (tertiary/aromatic N) is 3. The molecular weight excluding hydrogens is 232 g/mol. The van der Waals surface area contributed by atoms with Gasteiger partial charge in [0, 0.05) is 19.1 Å². The Morgan fingerprint density at radius 1 is 1.33 bits per heavy atom. The van der Waals surface area contributed by atoms with Gasteiger partial charge in [0.15, 0.2) is 0 Å². The number of rotatable bonds is 3. The minimum absolute atomic E-state index is 0.0956. The maximum Gasteiger partial charge on any atom is 0.271 e. The lowest BCUT2D eigenvalue weighted by Gasteiger charge is -2.27. The maximum atomic E-state index is 11.7. The molecule has 1 aromatic rings. The van der Waals surface area contributed by atoms with Gasteiger partial charge in [0.25, 0.3) is 5.91 Å². The molecule has 0 radical (unpaired) electrons. The Balaban J connectivity index is 2.02. The quantitative estimate of drug-likeness (QED) is 0.843. The van der Waals surface area contributed by atoms with Crippen LogP contribution in [0.3, 0.4) is 0 Å². The van der Waals surface area contributed by atoms with E-state index in [4.69, 9.17) is 4.74 Å². The first-order valence-electron chi connectivity index (χ1n) is 6.12. The van der Waals surface area contributed by atoms with Crippen molar-refractivity contribution in [1.29, 1.82) is 0 Å². The van der Waals surface area contributed by atoms with Crippen LogP contribution in [0.2, 0.25) is 0 Å². The summed E-state index contributed by atoms with van der Waals surface area (Å²) in [4.78, 5) is 22.2. The molecule has 0 aliphatic carbocycles. The molecule has 0 unspecified atom stereocenters. The first kappa shape index (κ1) is 12.8. The van der Waals surface area contributed by atoms with E-state index < -0.39 is 0 Å². The number of anilines is 1. The van der Waals surface area contributed by atoms with Crippen LogP contribution in [0, 0.1) is 0 Å². The Morgan fingerprint density at radius 3 is 2.61 bits per heavy atom. The van der Waals surface area contributed by atoms with E-state index in [2.05, 4.69) is 20.2 Å². The topological polar surface area (TPSA) is 67.4 Å². The van der Waals surface area contributed by atoms with E-state index in [1.807, 2.05) is 13.8 Å². The molecule has 0 atom stereocenters. The number of aromatic nitrogens is 2. The van der Waals surface area contributed by atoms with Gasteiger partial charge in [0.05, 0.1) is 25.6 Å². The highest BCUT2D eigenvalue weighted by atomic mass is 16.5. The standard InChI is InChI=1S/C12H18N4O2/c1-9(2)15-12(17)10-7-14-11(8-13-10)16-3-5-18-6-4-16/h7-9H,3-6H2,1-2H3,(H,15,17). The molecule has 1 aromatic heterocycles. The molecule has 1 amide bonds. The Kier molecular flexibility index (Phi) is 4.09. The Bertz CT molecular complexity index is 399. The molecule has 1 N–H and O–H groups in total. The van der Waals surface area contributed by atoms with Crippen LogP contribution < -0.4 is 10.2 Å². The molecule has 98 valence electrons. The van der Waals surface area contributed by atoms with Crippen molar-refractivity contribution in [3.8, 4) is 0 Å². The van der Waals surface area contributed by atoms with Gasteiger partial charge < -0.3 is 15.0 Å². The van der Waals surface area contributed by atoms with Gasteiger partial charge in [0.2, 0.25) is 0 Å². The molecule has 0 aromatic carbocycles. The van der Waals surface area contributed by atoms with Crippen molar-refractivity contribution >= 4 is 11.7 Å². The molecule has 2 heterocycles. The van der Waals surface area contributed by atoms with Crippen molar-refractivity contribution in [2.24, 2.45) is 0 Å². The third kappa shape index (κ3) is 3.16. The average molecular weight is 250 g/mol. The number of amides is 1. The number of morpholine rings is 1. The van der Waals surface area contributed by atoms with Crippen LogP contribution in [0.5, 0.6) is 0 Å². The number of carbonyl (C=O) groups excluding carboxylic acids is 1.